The maximum atomic E-state index is 17.1. The Morgan fingerprint density at radius 2 is 1.91 bits per heavy atom. The van der Waals surface area contributed by atoms with Gasteiger partial charge in [0.05, 0.1) is 6.10 Å². The van der Waals surface area contributed by atoms with Gasteiger partial charge in [-0.25, -0.2) is 8.78 Å². The minimum Gasteiger partial charge on any atom is -0.458 e. The van der Waals surface area contributed by atoms with Crippen molar-refractivity contribution in [3.63, 3.8) is 0 Å². The molecule has 0 aromatic rings. The average molecular weight is 662 g/mol. The number of unbranched alkanes of at least 4 members (excludes halogenated alkanes) is 1. The Labute approximate surface area is 220 Å². The van der Waals surface area contributed by atoms with Crippen molar-refractivity contribution in [1.82, 2.24) is 0 Å². The fourth-order valence-corrected chi connectivity index (χ4v) is 7.89. The van der Waals surface area contributed by atoms with Gasteiger partial charge in [-0.2, -0.15) is 0 Å². The predicted molar refractivity (Wildman–Crippen MR) is 122 cm³/mol. The Morgan fingerprint density at radius 1 is 1.23 bits per heavy atom. The summed E-state index contributed by atoms with van der Waals surface area (Å²) in [5.74, 6) is -2.75. The Morgan fingerprint density at radius 3 is 2.57 bits per heavy atom. The van der Waals surface area contributed by atoms with Gasteiger partial charge in [-0.1, -0.05) is 33.3 Å². The quantitative estimate of drug-likeness (QED) is 0.425. The van der Waals surface area contributed by atoms with Crippen molar-refractivity contribution >= 4 is 17.5 Å². The van der Waals surface area contributed by atoms with Crippen molar-refractivity contribution < 1.29 is 54.1 Å². The van der Waals surface area contributed by atoms with Crippen LogP contribution in [0.3, 0.4) is 0 Å². The molecule has 0 unspecified atom stereocenters. The van der Waals surface area contributed by atoms with Crippen LogP contribution in [0.25, 0.3) is 0 Å². The molecular formula is C27H36F2O5W. The first-order valence-electron chi connectivity index (χ1n) is 12.5. The van der Waals surface area contributed by atoms with Crippen molar-refractivity contribution in [2.45, 2.75) is 84.2 Å². The van der Waals surface area contributed by atoms with Crippen molar-refractivity contribution in [2.75, 3.05) is 6.61 Å². The SMILES string of the molecule is CCCCC(=O)OCC(=O)[C@H]1[C@H](C)C[C@H]2[C@@H]3C[C@H](F)C4=CC(=O)C=C[C@]4(C)[C@@]3(F)[C@@H](O)C[C@@]21C.[W]. The van der Waals surface area contributed by atoms with E-state index in [4.69, 9.17) is 4.74 Å². The van der Waals surface area contributed by atoms with Crippen LogP contribution < -0.4 is 0 Å². The molecule has 0 heterocycles. The Kier molecular flexibility index (Phi) is 8.05. The van der Waals surface area contributed by atoms with Crippen molar-refractivity contribution in [1.29, 1.82) is 0 Å². The molecule has 0 aromatic carbocycles. The first-order valence-corrected chi connectivity index (χ1v) is 12.5. The van der Waals surface area contributed by atoms with E-state index < -0.39 is 46.6 Å². The molecule has 8 heteroatoms. The predicted octanol–water partition coefficient (Wildman–Crippen LogP) is 4.47. The van der Waals surface area contributed by atoms with E-state index in [1.54, 1.807) is 6.92 Å². The molecule has 0 saturated heterocycles. The van der Waals surface area contributed by atoms with Crippen LogP contribution in [0.4, 0.5) is 8.78 Å². The summed E-state index contributed by atoms with van der Waals surface area (Å²) in [6, 6.07) is 0. The number of fused-ring (bicyclic) bond motifs is 5. The summed E-state index contributed by atoms with van der Waals surface area (Å²) in [4.78, 5) is 37.1. The van der Waals surface area contributed by atoms with E-state index in [2.05, 4.69) is 0 Å². The molecule has 4 aliphatic carbocycles. The van der Waals surface area contributed by atoms with Gasteiger partial charge in [-0.05, 0) is 67.6 Å². The maximum absolute atomic E-state index is 17.1. The zero-order chi connectivity index (χ0) is 25.1. The molecule has 3 fully saturated rings. The second kappa shape index (κ2) is 9.93. The van der Waals surface area contributed by atoms with Gasteiger partial charge < -0.3 is 9.84 Å². The van der Waals surface area contributed by atoms with E-state index >= 15 is 8.78 Å². The summed E-state index contributed by atoms with van der Waals surface area (Å²) in [5, 5.41) is 11.3. The molecule has 1 N–H and O–H groups in total. The molecule has 4 rings (SSSR count). The topological polar surface area (TPSA) is 80.7 Å². The summed E-state index contributed by atoms with van der Waals surface area (Å²) in [5.41, 5.74) is -4.21. The van der Waals surface area contributed by atoms with Crippen LogP contribution in [0.15, 0.2) is 23.8 Å². The first kappa shape index (κ1) is 28.4. The minimum absolute atomic E-state index is 0. The molecule has 0 bridgehead atoms. The van der Waals surface area contributed by atoms with Crippen LogP contribution in [0.2, 0.25) is 0 Å². The second-order valence-electron chi connectivity index (χ2n) is 11.4. The van der Waals surface area contributed by atoms with E-state index in [1.165, 1.54) is 18.2 Å². The summed E-state index contributed by atoms with van der Waals surface area (Å²) < 4.78 is 37.7. The third kappa shape index (κ3) is 4.23. The van der Waals surface area contributed by atoms with E-state index in [-0.39, 0.29) is 75.9 Å². The van der Waals surface area contributed by atoms with Gasteiger partial charge in [0, 0.05) is 44.7 Å². The zero-order valence-corrected chi connectivity index (χ0v) is 23.8. The number of allylic oxidation sites excluding steroid dienone is 4. The van der Waals surface area contributed by atoms with Crippen molar-refractivity contribution in [3.8, 4) is 0 Å². The van der Waals surface area contributed by atoms with E-state index in [0.29, 0.717) is 12.8 Å². The molecule has 0 spiro atoms. The van der Waals surface area contributed by atoms with Gasteiger partial charge >= 0.3 is 5.97 Å². The number of ketones is 2. The molecule has 0 aromatic heterocycles. The van der Waals surface area contributed by atoms with Gasteiger partial charge in [0.15, 0.2) is 17.2 Å². The van der Waals surface area contributed by atoms with E-state index in [0.717, 1.165) is 6.42 Å². The largest absolute Gasteiger partial charge is 0.458 e. The van der Waals surface area contributed by atoms with Crippen LogP contribution in [0.5, 0.6) is 0 Å². The molecular weight excluding hydrogens is 626 g/mol. The number of hydrogen-bond donors (Lipinski definition) is 1. The van der Waals surface area contributed by atoms with E-state index in [1.807, 2.05) is 20.8 Å². The average Bonchev–Trinajstić information content (AvgIpc) is 3.03. The Bertz CT molecular complexity index is 950. The third-order valence-electron chi connectivity index (χ3n) is 9.43. The number of rotatable bonds is 6. The number of aliphatic hydroxyl groups excluding tert-OH is 1. The van der Waals surface area contributed by atoms with E-state index in [9.17, 15) is 19.5 Å². The summed E-state index contributed by atoms with van der Waals surface area (Å²) >= 11 is 0. The van der Waals surface area contributed by atoms with Crippen molar-refractivity contribution in [3.05, 3.63) is 23.8 Å². The molecule has 0 aliphatic heterocycles. The Hall–Kier alpha value is -1.20. The summed E-state index contributed by atoms with van der Waals surface area (Å²) in [6.45, 7) is 7.03. The fraction of sp³-hybridized carbons (Fsp3) is 0.741. The van der Waals surface area contributed by atoms with Crippen molar-refractivity contribution in [2.24, 2.45) is 34.5 Å². The standard InChI is InChI=1S/C27H36F2O5.W/c1-5-6-7-23(33)34-14-21(31)24-15(2)10-17-18-12-20(28)19-11-16(30)8-9-26(19,4)27(18,29)22(32)13-25(17,24)3;/h8-9,11,15,17-18,20,22,24,32H,5-7,10,12-14H2,1-4H3;/t15-,17+,18+,20+,22+,24-,25+,26+,27+;/m1./s1. The van der Waals surface area contributed by atoms with Crippen LogP contribution in [0, 0.1) is 34.5 Å². The number of esters is 1. The number of aliphatic hydroxyl groups is 1. The number of halogens is 2. The smallest absolute Gasteiger partial charge is 0.306 e. The van der Waals surface area contributed by atoms with Crippen LogP contribution in [-0.4, -0.2) is 47.2 Å². The first-order chi connectivity index (χ1) is 15.9. The molecule has 4 aliphatic rings. The van der Waals surface area contributed by atoms with Crippen LogP contribution >= 0.6 is 0 Å². The van der Waals surface area contributed by atoms with Crippen LogP contribution in [-0.2, 0) is 40.2 Å². The minimum atomic E-state index is -2.15. The normalized spacial score (nSPS) is 43.9. The fourth-order valence-electron chi connectivity index (χ4n) is 7.89. The van der Waals surface area contributed by atoms with Crippen LogP contribution in [0.1, 0.15) is 66.2 Å². The molecule has 0 radical (unpaired) electrons. The number of carbonyl (C=O) groups excluding carboxylic acids is 3. The molecule has 194 valence electrons. The maximum Gasteiger partial charge on any atom is 0.306 e. The van der Waals surface area contributed by atoms with Gasteiger partial charge in [0.1, 0.15) is 12.8 Å². The number of hydrogen-bond acceptors (Lipinski definition) is 5. The monoisotopic (exact) mass is 662 g/mol. The summed E-state index contributed by atoms with van der Waals surface area (Å²) in [6.07, 6.45) is 3.20. The molecule has 5 nitrogen and oxygen atoms in total. The Balaban J connectivity index is 0.00000342. The van der Waals surface area contributed by atoms with Gasteiger partial charge in [0.25, 0.3) is 0 Å². The molecule has 3 saturated carbocycles. The van der Waals surface area contributed by atoms with Gasteiger partial charge in [-0.3, -0.25) is 14.4 Å². The molecule has 35 heavy (non-hydrogen) atoms. The molecule has 9 atom stereocenters. The zero-order valence-electron chi connectivity index (χ0n) is 20.9. The number of carbonyl (C=O) groups is 3. The third-order valence-corrected chi connectivity index (χ3v) is 9.43. The number of alkyl halides is 2. The summed E-state index contributed by atoms with van der Waals surface area (Å²) in [7, 11) is 0. The number of Topliss-reactive ketones (excluding diaryl/α,β-unsaturated/α-hetero) is 1. The molecule has 0 amide bonds. The van der Waals surface area contributed by atoms with Gasteiger partial charge in [0.2, 0.25) is 0 Å². The second-order valence-corrected chi connectivity index (χ2v) is 11.4. The number of ether oxygens (including phenoxy) is 1. The van der Waals surface area contributed by atoms with Gasteiger partial charge in [-0.15, -0.1) is 0 Å².